The Labute approximate surface area is 147 Å². The van der Waals surface area contributed by atoms with E-state index in [9.17, 15) is 21.6 Å². The number of methoxy groups -OCH3 is 1. The number of para-hydroxylation sites is 1. The highest BCUT2D eigenvalue weighted by molar-refractivity contribution is 7.92. The predicted octanol–water partition coefficient (Wildman–Crippen LogP) is 4.06. The molecule has 0 saturated carbocycles. The summed E-state index contributed by atoms with van der Waals surface area (Å²) in [5, 5.41) is 0.600. The van der Waals surface area contributed by atoms with Crippen LogP contribution in [0.25, 0.3) is 10.9 Å². The first-order valence-corrected chi connectivity index (χ1v) is 8.82. The Morgan fingerprint density at radius 1 is 1.04 bits per heavy atom. The fraction of sp³-hybridized carbons (Fsp3) is 0.118. The molecular weight excluding hydrogens is 369 g/mol. The summed E-state index contributed by atoms with van der Waals surface area (Å²) >= 11 is 0. The molecule has 0 unspecified atom stereocenters. The van der Waals surface area contributed by atoms with Gasteiger partial charge in [0.25, 0.3) is 10.0 Å². The van der Waals surface area contributed by atoms with Crippen molar-refractivity contribution in [1.82, 2.24) is 4.98 Å². The highest BCUT2D eigenvalue weighted by atomic mass is 32.2. The van der Waals surface area contributed by atoms with Crippen LogP contribution < -0.4 is 9.46 Å². The van der Waals surface area contributed by atoms with Gasteiger partial charge in [0.05, 0.1) is 28.8 Å². The van der Waals surface area contributed by atoms with Gasteiger partial charge in [-0.3, -0.25) is 9.71 Å². The Morgan fingerprint density at radius 2 is 1.73 bits per heavy atom. The second-order valence-corrected chi connectivity index (χ2v) is 7.02. The lowest BCUT2D eigenvalue weighted by molar-refractivity contribution is -0.137. The lowest BCUT2D eigenvalue weighted by atomic mass is 10.2. The first-order valence-electron chi connectivity index (χ1n) is 7.34. The van der Waals surface area contributed by atoms with Crippen LogP contribution >= 0.6 is 0 Å². The van der Waals surface area contributed by atoms with Gasteiger partial charge in [0.2, 0.25) is 0 Å². The summed E-state index contributed by atoms with van der Waals surface area (Å²) in [5.74, 6) is 0.519. The lowest BCUT2D eigenvalue weighted by Crippen LogP contribution is -2.14. The zero-order valence-corrected chi connectivity index (χ0v) is 14.2. The second kappa shape index (κ2) is 6.49. The number of hydrogen-bond acceptors (Lipinski definition) is 4. The number of aromatic nitrogens is 1. The van der Waals surface area contributed by atoms with Gasteiger partial charge >= 0.3 is 6.18 Å². The fourth-order valence-electron chi connectivity index (χ4n) is 2.44. The van der Waals surface area contributed by atoms with Crippen LogP contribution in [0, 0.1) is 0 Å². The van der Waals surface area contributed by atoms with Crippen LogP contribution in [0.4, 0.5) is 18.9 Å². The molecule has 1 heterocycles. The second-order valence-electron chi connectivity index (χ2n) is 5.34. The molecule has 0 aliphatic carbocycles. The van der Waals surface area contributed by atoms with Crippen LogP contribution in [0.3, 0.4) is 0 Å². The molecule has 1 aromatic heterocycles. The van der Waals surface area contributed by atoms with Crippen LogP contribution in [0.2, 0.25) is 0 Å². The van der Waals surface area contributed by atoms with Crippen molar-refractivity contribution in [3.8, 4) is 5.75 Å². The highest BCUT2D eigenvalue weighted by Gasteiger charge is 2.30. The van der Waals surface area contributed by atoms with Crippen molar-refractivity contribution in [2.75, 3.05) is 11.8 Å². The Balaban J connectivity index is 1.99. The van der Waals surface area contributed by atoms with Crippen molar-refractivity contribution in [2.24, 2.45) is 0 Å². The summed E-state index contributed by atoms with van der Waals surface area (Å²) in [6, 6.07) is 9.74. The lowest BCUT2D eigenvalue weighted by Gasteiger charge is -2.12. The van der Waals surface area contributed by atoms with Crippen molar-refractivity contribution < 1.29 is 26.3 Å². The maximum Gasteiger partial charge on any atom is 0.416 e. The molecule has 3 aromatic rings. The number of ether oxygens (including phenoxy) is 1. The van der Waals surface area contributed by atoms with Crippen LogP contribution in [0.5, 0.6) is 5.75 Å². The smallest absolute Gasteiger partial charge is 0.416 e. The molecule has 0 bridgehead atoms. The molecule has 0 aliphatic rings. The van der Waals surface area contributed by atoms with E-state index in [2.05, 4.69) is 9.71 Å². The molecule has 0 radical (unpaired) electrons. The number of rotatable bonds is 4. The Hall–Kier alpha value is -2.81. The maximum absolute atomic E-state index is 12.6. The molecule has 0 spiro atoms. The minimum atomic E-state index is -4.54. The molecule has 1 N–H and O–H groups in total. The average molecular weight is 382 g/mol. The summed E-state index contributed by atoms with van der Waals surface area (Å²) < 4.78 is 70.5. The average Bonchev–Trinajstić information content (AvgIpc) is 2.60. The van der Waals surface area contributed by atoms with Gasteiger partial charge in [-0.25, -0.2) is 8.42 Å². The minimum absolute atomic E-state index is 0.196. The zero-order chi connectivity index (χ0) is 18.9. The molecular formula is C17H13F3N2O3S. The molecule has 0 atom stereocenters. The first-order chi connectivity index (χ1) is 12.2. The Kier molecular flexibility index (Phi) is 4.49. The molecule has 2 aromatic carbocycles. The van der Waals surface area contributed by atoms with Crippen LogP contribution in [-0.2, 0) is 16.2 Å². The number of alkyl halides is 3. The van der Waals surface area contributed by atoms with Crippen LogP contribution in [0.15, 0.2) is 59.6 Å². The Morgan fingerprint density at radius 3 is 2.35 bits per heavy atom. The van der Waals surface area contributed by atoms with Crippen molar-refractivity contribution in [3.05, 3.63) is 60.3 Å². The molecule has 0 saturated heterocycles. The number of pyridine rings is 1. The third-order valence-electron chi connectivity index (χ3n) is 3.69. The number of nitrogens with one attached hydrogen (secondary N) is 1. The van der Waals surface area contributed by atoms with Gasteiger partial charge in [0.1, 0.15) is 5.75 Å². The van der Waals surface area contributed by atoms with Gasteiger partial charge < -0.3 is 4.74 Å². The molecule has 26 heavy (non-hydrogen) atoms. The maximum atomic E-state index is 12.6. The van der Waals surface area contributed by atoms with E-state index in [1.165, 1.54) is 19.4 Å². The van der Waals surface area contributed by atoms with E-state index in [4.69, 9.17) is 4.74 Å². The zero-order valence-electron chi connectivity index (χ0n) is 13.4. The number of hydrogen-bond donors (Lipinski definition) is 1. The highest BCUT2D eigenvalue weighted by Crippen LogP contribution is 2.32. The molecule has 136 valence electrons. The van der Waals surface area contributed by atoms with Crippen molar-refractivity contribution >= 4 is 26.6 Å². The summed E-state index contributed by atoms with van der Waals surface area (Å²) in [6.45, 7) is 0. The summed E-state index contributed by atoms with van der Waals surface area (Å²) in [5.41, 5.74) is -0.364. The molecule has 0 amide bonds. The molecule has 5 nitrogen and oxygen atoms in total. The number of halogens is 3. The number of anilines is 1. The molecule has 3 rings (SSSR count). The van der Waals surface area contributed by atoms with Crippen molar-refractivity contribution in [2.45, 2.75) is 11.1 Å². The van der Waals surface area contributed by atoms with Gasteiger partial charge in [-0.05, 0) is 42.5 Å². The van der Waals surface area contributed by atoms with E-state index in [0.29, 0.717) is 16.7 Å². The monoisotopic (exact) mass is 382 g/mol. The van der Waals surface area contributed by atoms with E-state index < -0.39 is 21.8 Å². The number of nitrogens with zero attached hydrogens (tertiary/aromatic N) is 1. The summed E-state index contributed by atoms with van der Waals surface area (Å²) in [6.07, 6.45) is -3.07. The largest absolute Gasteiger partial charge is 0.496 e. The van der Waals surface area contributed by atoms with E-state index in [1.54, 1.807) is 18.2 Å². The molecule has 0 aliphatic heterocycles. The fourth-order valence-corrected chi connectivity index (χ4v) is 3.50. The SMILES string of the molecule is COc1ccnc2c(NS(=O)(=O)c3ccc(C(F)(F)F)cc3)cccc12. The number of benzene rings is 2. The van der Waals surface area contributed by atoms with Crippen LogP contribution in [0.1, 0.15) is 5.56 Å². The van der Waals surface area contributed by atoms with Crippen molar-refractivity contribution in [1.29, 1.82) is 0 Å². The normalized spacial score (nSPS) is 12.2. The van der Waals surface area contributed by atoms with Gasteiger partial charge in [0, 0.05) is 11.6 Å². The number of sulfonamides is 1. The van der Waals surface area contributed by atoms with E-state index >= 15 is 0 Å². The molecule has 0 fully saturated rings. The van der Waals surface area contributed by atoms with E-state index in [1.807, 2.05) is 0 Å². The van der Waals surface area contributed by atoms with E-state index in [0.717, 1.165) is 24.3 Å². The quantitative estimate of drug-likeness (QED) is 0.739. The van der Waals surface area contributed by atoms with Crippen molar-refractivity contribution in [3.63, 3.8) is 0 Å². The predicted molar refractivity (Wildman–Crippen MR) is 90.5 cm³/mol. The third-order valence-corrected chi connectivity index (χ3v) is 5.07. The van der Waals surface area contributed by atoms with Gasteiger partial charge in [-0.15, -0.1) is 0 Å². The first kappa shape index (κ1) is 18.0. The summed E-state index contributed by atoms with van der Waals surface area (Å²) in [7, 11) is -2.60. The minimum Gasteiger partial charge on any atom is -0.496 e. The molecule has 9 heteroatoms. The Bertz CT molecular complexity index is 1050. The number of fused-ring (bicyclic) bond motifs is 1. The summed E-state index contributed by atoms with van der Waals surface area (Å²) in [4.78, 5) is 3.87. The standard InChI is InChI=1S/C17H13F3N2O3S/c1-25-15-9-10-21-16-13(15)3-2-4-14(16)22-26(23,24)12-7-5-11(6-8-12)17(18,19)20/h2-10,22H,1H3. The third kappa shape index (κ3) is 3.43. The van der Waals surface area contributed by atoms with Crippen LogP contribution in [-0.4, -0.2) is 20.5 Å². The topological polar surface area (TPSA) is 68.3 Å². The van der Waals surface area contributed by atoms with Gasteiger partial charge in [-0.2, -0.15) is 13.2 Å². The van der Waals surface area contributed by atoms with Gasteiger partial charge in [0.15, 0.2) is 0 Å². The van der Waals surface area contributed by atoms with E-state index in [-0.39, 0.29) is 10.6 Å². The van der Waals surface area contributed by atoms with Gasteiger partial charge in [-0.1, -0.05) is 6.07 Å².